The number of anilines is 1. The van der Waals surface area contributed by atoms with E-state index in [1.165, 1.54) is 0 Å². The van der Waals surface area contributed by atoms with E-state index in [-0.39, 0.29) is 5.91 Å². The zero-order chi connectivity index (χ0) is 14.8. The largest absolute Gasteiger partial charge is 0.321 e. The molecule has 4 nitrogen and oxygen atoms in total. The summed E-state index contributed by atoms with van der Waals surface area (Å²) in [5, 5.41) is 3.45. The summed E-state index contributed by atoms with van der Waals surface area (Å²) < 4.78 is 1.74. The van der Waals surface area contributed by atoms with Gasteiger partial charge in [0, 0.05) is 11.9 Å². The van der Waals surface area contributed by atoms with Crippen molar-refractivity contribution >= 4 is 28.8 Å². The maximum absolute atomic E-state index is 12.6. The fourth-order valence-electron chi connectivity index (χ4n) is 2.27. The molecular weight excluding hydrogens is 286 g/mol. The van der Waals surface area contributed by atoms with Crippen molar-refractivity contribution < 1.29 is 4.79 Å². The first-order valence-corrected chi connectivity index (χ1v) is 7.09. The average molecular weight is 300 g/mol. The molecule has 0 saturated carbocycles. The van der Waals surface area contributed by atoms with E-state index in [0.717, 1.165) is 17.0 Å². The molecule has 0 unspecified atom stereocenters. The molecule has 0 spiro atoms. The highest BCUT2D eigenvalue weighted by Crippen LogP contribution is 2.18. The van der Waals surface area contributed by atoms with Gasteiger partial charge in [0.05, 0.1) is 10.7 Å². The minimum atomic E-state index is -0.187. The number of rotatable bonds is 3. The summed E-state index contributed by atoms with van der Waals surface area (Å²) in [7, 11) is 0. The van der Waals surface area contributed by atoms with Crippen molar-refractivity contribution in [1.29, 1.82) is 0 Å². The Kier molecular flexibility index (Phi) is 3.62. The van der Waals surface area contributed by atoms with Crippen LogP contribution < -0.4 is 5.32 Å². The van der Waals surface area contributed by atoms with Gasteiger partial charge in [0.25, 0.3) is 5.91 Å². The third-order valence-electron chi connectivity index (χ3n) is 3.24. The molecule has 0 fully saturated rings. The number of para-hydroxylation sites is 1. The number of amides is 1. The second-order valence-electron chi connectivity index (χ2n) is 4.66. The number of aryl methyl sites for hydroxylation is 1. The molecule has 0 aliphatic heterocycles. The number of hydrogen-bond acceptors (Lipinski definition) is 2. The summed E-state index contributed by atoms with van der Waals surface area (Å²) in [6.45, 7) is 1.97. The molecule has 0 radical (unpaired) electrons. The van der Waals surface area contributed by atoms with Gasteiger partial charge < -0.3 is 5.32 Å². The zero-order valence-corrected chi connectivity index (χ0v) is 12.3. The van der Waals surface area contributed by atoms with Crippen LogP contribution in [0.15, 0.2) is 48.7 Å². The number of carbonyl (C=O) groups is 1. The summed E-state index contributed by atoms with van der Waals surface area (Å²) in [6, 6.07) is 12.9. The fraction of sp³-hybridized carbons (Fsp3) is 0.125. The number of fused-ring (bicyclic) bond motifs is 1. The molecule has 0 atom stereocenters. The van der Waals surface area contributed by atoms with Gasteiger partial charge in [0.1, 0.15) is 11.3 Å². The van der Waals surface area contributed by atoms with Crippen LogP contribution in [0.3, 0.4) is 0 Å². The number of halogens is 1. The van der Waals surface area contributed by atoms with Gasteiger partial charge in [-0.05, 0) is 30.7 Å². The van der Waals surface area contributed by atoms with E-state index in [0.29, 0.717) is 17.1 Å². The van der Waals surface area contributed by atoms with Crippen LogP contribution in [0.5, 0.6) is 0 Å². The second kappa shape index (κ2) is 5.58. The van der Waals surface area contributed by atoms with Gasteiger partial charge >= 0.3 is 0 Å². The summed E-state index contributed by atoms with van der Waals surface area (Å²) in [5.74, 6) is -0.187. The quantitative estimate of drug-likeness (QED) is 0.799. The summed E-state index contributed by atoms with van der Waals surface area (Å²) in [6.07, 6.45) is 2.39. The highest BCUT2D eigenvalue weighted by atomic mass is 35.5. The lowest BCUT2D eigenvalue weighted by molar-refractivity contribution is 0.102. The molecule has 1 amide bonds. The average Bonchev–Trinajstić information content (AvgIpc) is 2.86. The monoisotopic (exact) mass is 299 g/mol. The number of nitrogens with zero attached hydrogens (tertiary/aromatic N) is 2. The second-order valence-corrected chi connectivity index (χ2v) is 5.09. The molecule has 0 aliphatic rings. The van der Waals surface area contributed by atoms with Crippen LogP contribution in [-0.2, 0) is 6.42 Å². The number of imidazole rings is 1. The van der Waals surface area contributed by atoms with Crippen molar-refractivity contribution in [1.82, 2.24) is 9.38 Å². The maximum Gasteiger partial charge on any atom is 0.274 e. The van der Waals surface area contributed by atoms with Gasteiger partial charge in [0.15, 0.2) is 0 Å². The fourth-order valence-corrected chi connectivity index (χ4v) is 2.43. The predicted octanol–water partition coefficient (Wildman–Crippen LogP) is 3.80. The molecule has 0 aliphatic carbocycles. The number of pyridine rings is 1. The van der Waals surface area contributed by atoms with Gasteiger partial charge in [-0.2, -0.15) is 0 Å². The molecule has 2 aromatic heterocycles. The Morgan fingerprint density at radius 1 is 1.24 bits per heavy atom. The Morgan fingerprint density at radius 2 is 2.00 bits per heavy atom. The SMILES string of the molecule is CCc1nc2ccc(Cl)cn2c1C(=O)Nc1ccccc1. The van der Waals surface area contributed by atoms with Crippen LogP contribution >= 0.6 is 11.6 Å². The van der Waals surface area contributed by atoms with E-state index in [1.807, 2.05) is 37.3 Å². The Bertz CT molecular complexity index is 796. The first-order valence-electron chi connectivity index (χ1n) is 6.72. The number of hydrogen-bond donors (Lipinski definition) is 1. The molecule has 1 N–H and O–H groups in total. The molecular formula is C16H14ClN3O. The molecule has 0 saturated heterocycles. The lowest BCUT2D eigenvalue weighted by atomic mass is 10.2. The summed E-state index contributed by atoms with van der Waals surface area (Å²) in [5.41, 5.74) is 2.75. The molecule has 0 bridgehead atoms. The molecule has 3 rings (SSSR count). The van der Waals surface area contributed by atoms with Gasteiger partial charge in [-0.1, -0.05) is 36.7 Å². The van der Waals surface area contributed by atoms with Crippen LogP contribution in [-0.4, -0.2) is 15.3 Å². The lowest BCUT2D eigenvalue weighted by Gasteiger charge is -2.06. The Morgan fingerprint density at radius 3 is 2.71 bits per heavy atom. The maximum atomic E-state index is 12.6. The van der Waals surface area contributed by atoms with Crippen molar-refractivity contribution in [2.45, 2.75) is 13.3 Å². The van der Waals surface area contributed by atoms with Crippen molar-refractivity contribution in [2.24, 2.45) is 0 Å². The van der Waals surface area contributed by atoms with Crippen molar-refractivity contribution in [3.8, 4) is 0 Å². The highest BCUT2D eigenvalue weighted by Gasteiger charge is 2.18. The Labute approximate surface area is 127 Å². The van der Waals surface area contributed by atoms with E-state index in [9.17, 15) is 4.79 Å². The standard InChI is InChI=1S/C16H14ClN3O/c1-2-13-15(16(21)18-12-6-4-3-5-7-12)20-10-11(17)8-9-14(20)19-13/h3-10H,2H2,1H3,(H,18,21). The minimum Gasteiger partial charge on any atom is -0.321 e. The summed E-state index contributed by atoms with van der Waals surface area (Å²) >= 11 is 6.03. The topological polar surface area (TPSA) is 46.4 Å². The number of aromatic nitrogens is 2. The van der Waals surface area contributed by atoms with Crippen molar-refractivity contribution in [2.75, 3.05) is 5.32 Å². The molecule has 5 heteroatoms. The summed E-state index contributed by atoms with van der Waals surface area (Å²) in [4.78, 5) is 17.0. The molecule has 21 heavy (non-hydrogen) atoms. The van der Waals surface area contributed by atoms with Gasteiger partial charge in [-0.25, -0.2) is 4.98 Å². The van der Waals surface area contributed by atoms with Crippen LogP contribution in [0, 0.1) is 0 Å². The third kappa shape index (κ3) is 2.62. The first-order chi connectivity index (χ1) is 10.2. The number of nitrogens with one attached hydrogen (secondary N) is 1. The van der Waals surface area contributed by atoms with E-state index < -0.39 is 0 Å². The Balaban J connectivity index is 2.06. The van der Waals surface area contributed by atoms with E-state index >= 15 is 0 Å². The van der Waals surface area contributed by atoms with E-state index in [1.54, 1.807) is 22.7 Å². The number of benzene rings is 1. The predicted molar refractivity (Wildman–Crippen MR) is 84.0 cm³/mol. The number of carbonyl (C=O) groups excluding carboxylic acids is 1. The van der Waals surface area contributed by atoms with Gasteiger partial charge in [0.2, 0.25) is 0 Å². The van der Waals surface area contributed by atoms with Crippen LogP contribution in [0.2, 0.25) is 5.02 Å². The smallest absolute Gasteiger partial charge is 0.274 e. The minimum absolute atomic E-state index is 0.187. The lowest BCUT2D eigenvalue weighted by Crippen LogP contribution is -2.16. The molecule has 106 valence electrons. The molecule has 2 heterocycles. The van der Waals surface area contributed by atoms with Gasteiger partial charge in [-0.3, -0.25) is 9.20 Å². The molecule has 1 aromatic carbocycles. The third-order valence-corrected chi connectivity index (χ3v) is 3.46. The van der Waals surface area contributed by atoms with E-state index in [2.05, 4.69) is 10.3 Å². The van der Waals surface area contributed by atoms with Crippen LogP contribution in [0.25, 0.3) is 5.65 Å². The van der Waals surface area contributed by atoms with Crippen molar-refractivity contribution in [3.05, 3.63) is 65.1 Å². The van der Waals surface area contributed by atoms with Crippen LogP contribution in [0.4, 0.5) is 5.69 Å². The first kappa shape index (κ1) is 13.6. The van der Waals surface area contributed by atoms with Crippen molar-refractivity contribution in [3.63, 3.8) is 0 Å². The van der Waals surface area contributed by atoms with Crippen LogP contribution in [0.1, 0.15) is 23.1 Å². The van der Waals surface area contributed by atoms with Gasteiger partial charge in [-0.15, -0.1) is 0 Å². The molecule has 3 aromatic rings. The zero-order valence-electron chi connectivity index (χ0n) is 11.5. The highest BCUT2D eigenvalue weighted by molar-refractivity contribution is 6.30. The normalized spacial score (nSPS) is 10.8. The van der Waals surface area contributed by atoms with E-state index in [4.69, 9.17) is 11.6 Å². The Hall–Kier alpha value is -2.33.